The summed E-state index contributed by atoms with van der Waals surface area (Å²) < 4.78 is 46.0. The van der Waals surface area contributed by atoms with Crippen LogP contribution in [0, 0.1) is 17.8 Å². The molecular formula is C35H43F3N6O. The van der Waals surface area contributed by atoms with Crippen LogP contribution in [-0.2, 0) is 0 Å². The van der Waals surface area contributed by atoms with E-state index in [9.17, 15) is 18.3 Å². The summed E-state index contributed by atoms with van der Waals surface area (Å²) in [6.45, 7) is 0. The molecule has 4 aliphatic rings. The fourth-order valence-corrected chi connectivity index (χ4v) is 8.00. The van der Waals surface area contributed by atoms with E-state index >= 15 is 0 Å². The van der Waals surface area contributed by atoms with Gasteiger partial charge in [0.2, 0.25) is 11.9 Å². The molecule has 240 valence electrons. The fourth-order valence-electron chi connectivity index (χ4n) is 8.00. The Hall–Kier alpha value is -3.53. The molecule has 2 saturated carbocycles. The SMILES string of the molecule is C.Fc1cc2c(cn1)-c1cncn1[C@H]2CCC1(F)CCCCC1.OC(CC1c2cc(F)ncc2-c2cncn21)C1CCCCC1. The van der Waals surface area contributed by atoms with Crippen molar-refractivity contribution in [1.29, 1.82) is 0 Å². The van der Waals surface area contributed by atoms with Crippen LogP contribution in [0.15, 0.2) is 49.6 Å². The Morgan fingerprint density at radius 1 is 0.778 bits per heavy atom. The Bertz CT molecular complexity index is 1610. The van der Waals surface area contributed by atoms with Gasteiger partial charge in [-0.1, -0.05) is 46.0 Å². The maximum Gasteiger partial charge on any atom is 0.213 e. The lowest BCUT2D eigenvalue weighted by Gasteiger charge is -2.30. The molecule has 2 aliphatic heterocycles. The van der Waals surface area contributed by atoms with E-state index in [-0.39, 0.29) is 25.6 Å². The summed E-state index contributed by atoms with van der Waals surface area (Å²) in [7, 11) is 0. The van der Waals surface area contributed by atoms with Gasteiger partial charge < -0.3 is 14.2 Å². The van der Waals surface area contributed by atoms with Crippen molar-refractivity contribution in [3.05, 3.63) is 72.6 Å². The number of nitrogens with zero attached hydrogens (tertiary/aromatic N) is 6. The van der Waals surface area contributed by atoms with Crippen LogP contribution in [0.25, 0.3) is 22.5 Å². The summed E-state index contributed by atoms with van der Waals surface area (Å²) in [4.78, 5) is 15.9. The number of imidazole rings is 2. The minimum Gasteiger partial charge on any atom is -0.393 e. The number of halogens is 3. The number of hydrogen-bond donors (Lipinski definition) is 1. The molecule has 6 heterocycles. The largest absolute Gasteiger partial charge is 0.393 e. The van der Waals surface area contributed by atoms with E-state index in [4.69, 9.17) is 0 Å². The third-order valence-electron chi connectivity index (χ3n) is 10.4. The highest BCUT2D eigenvalue weighted by Crippen LogP contribution is 2.45. The van der Waals surface area contributed by atoms with E-state index in [0.717, 1.165) is 65.7 Å². The topological polar surface area (TPSA) is 81.7 Å². The standard InChI is InChI=1S/C17H19F2N3.C17H20FN3O.CH4/c18-16-8-12-13(9-21-16)15-10-20-11-22(15)14(12)4-7-17(19)5-2-1-3-6-17;18-17-6-12-13(8-20-17)15-9-19-10-21(15)14(12)7-16(22)11-4-2-1-3-5-11;/h8-11,14H,1-7H2;6,8-11,14,16,22H,1-5,7H2;1H4/t14-;;/m0../s1. The molecule has 4 aromatic heterocycles. The van der Waals surface area contributed by atoms with Crippen LogP contribution in [0.4, 0.5) is 13.2 Å². The number of pyridine rings is 2. The second kappa shape index (κ2) is 13.1. The van der Waals surface area contributed by atoms with Crippen molar-refractivity contribution in [3.63, 3.8) is 0 Å². The summed E-state index contributed by atoms with van der Waals surface area (Å²) >= 11 is 0. The predicted molar refractivity (Wildman–Crippen MR) is 167 cm³/mol. The Morgan fingerprint density at radius 2 is 1.31 bits per heavy atom. The average molecular weight is 621 g/mol. The molecule has 4 aromatic rings. The smallest absolute Gasteiger partial charge is 0.213 e. The van der Waals surface area contributed by atoms with E-state index in [1.807, 2.05) is 9.13 Å². The number of hydrogen-bond acceptors (Lipinski definition) is 5. The van der Waals surface area contributed by atoms with Gasteiger partial charge in [-0.3, -0.25) is 0 Å². The number of aromatic nitrogens is 6. The van der Waals surface area contributed by atoms with Crippen molar-refractivity contribution < 1.29 is 18.3 Å². The lowest BCUT2D eigenvalue weighted by Crippen LogP contribution is -2.27. The molecule has 0 amide bonds. The van der Waals surface area contributed by atoms with E-state index in [2.05, 4.69) is 19.9 Å². The van der Waals surface area contributed by atoms with Gasteiger partial charge >= 0.3 is 0 Å². The molecule has 0 radical (unpaired) electrons. The van der Waals surface area contributed by atoms with Crippen LogP contribution in [0.3, 0.4) is 0 Å². The van der Waals surface area contributed by atoms with Crippen molar-refractivity contribution >= 4 is 0 Å². The monoisotopic (exact) mass is 620 g/mol. The summed E-state index contributed by atoms with van der Waals surface area (Å²) in [6, 6.07) is 2.92. The van der Waals surface area contributed by atoms with Crippen molar-refractivity contribution in [2.24, 2.45) is 5.92 Å². The van der Waals surface area contributed by atoms with Gasteiger partial charge in [0.15, 0.2) is 0 Å². The van der Waals surface area contributed by atoms with Gasteiger partial charge in [-0.2, -0.15) is 8.78 Å². The van der Waals surface area contributed by atoms with E-state index in [1.54, 1.807) is 37.4 Å². The van der Waals surface area contributed by atoms with Gasteiger partial charge in [0.25, 0.3) is 0 Å². The third kappa shape index (κ3) is 6.18. The quantitative estimate of drug-likeness (QED) is 0.219. The van der Waals surface area contributed by atoms with Crippen LogP contribution in [0.2, 0.25) is 0 Å². The number of alkyl halides is 1. The summed E-state index contributed by atoms with van der Waals surface area (Å²) in [6.07, 6.45) is 22.0. The molecule has 10 heteroatoms. The fraction of sp³-hybridized carbons (Fsp3) is 0.543. The van der Waals surface area contributed by atoms with Crippen LogP contribution < -0.4 is 0 Å². The normalized spacial score (nSPS) is 21.9. The number of rotatable bonds is 6. The molecule has 0 saturated heterocycles. The first kappa shape index (κ1) is 31.5. The number of aliphatic hydroxyl groups is 1. The van der Waals surface area contributed by atoms with Crippen molar-refractivity contribution in [3.8, 4) is 22.5 Å². The molecule has 7 nitrogen and oxygen atoms in total. The first-order valence-electron chi connectivity index (χ1n) is 16.1. The second-order valence-electron chi connectivity index (χ2n) is 13.0. The number of fused-ring (bicyclic) bond motifs is 6. The zero-order valence-corrected chi connectivity index (χ0v) is 24.9. The Kier molecular flexibility index (Phi) is 9.13. The van der Waals surface area contributed by atoms with Crippen LogP contribution in [0.1, 0.15) is 114 Å². The Balaban J connectivity index is 0.000000155. The van der Waals surface area contributed by atoms with Crippen LogP contribution in [0.5, 0.6) is 0 Å². The molecule has 0 bridgehead atoms. The lowest BCUT2D eigenvalue weighted by molar-refractivity contribution is 0.0686. The Morgan fingerprint density at radius 3 is 1.91 bits per heavy atom. The summed E-state index contributed by atoms with van der Waals surface area (Å²) in [5.74, 6) is -0.568. The molecule has 3 atom stereocenters. The van der Waals surface area contributed by atoms with E-state index in [0.29, 0.717) is 38.0 Å². The summed E-state index contributed by atoms with van der Waals surface area (Å²) in [5.41, 5.74) is 4.53. The minimum absolute atomic E-state index is 0. The van der Waals surface area contributed by atoms with Gasteiger partial charge in [0.1, 0.15) is 5.67 Å². The predicted octanol–water partition coefficient (Wildman–Crippen LogP) is 8.39. The van der Waals surface area contributed by atoms with Crippen LogP contribution in [-0.4, -0.2) is 45.9 Å². The molecule has 0 aromatic carbocycles. The van der Waals surface area contributed by atoms with E-state index < -0.39 is 17.6 Å². The molecule has 0 spiro atoms. The van der Waals surface area contributed by atoms with Gasteiger partial charge in [0.05, 0.1) is 54.6 Å². The number of aliphatic hydroxyl groups excluding tert-OH is 1. The third-order valence-corrected chi connectivity index (χ3v) is 10.4. The molecule has 8 rings (SSSR count). The highest BCUT2D eigenvalue weighted by atomic mass is 19.1. The van der Waals surface area contributed by atoms with Gasteiger partial charge in [-0.15, -0.1) is 0 Å². The van der Waals surface area contributed by atoms with Gasteiger partial charge in [-0.05, 0) is 74.1 Å². The minimum atomic E-state index is -1.05. The first-order valence-corrected chi connectivity index (χ1v) is 16.1. The van der Waals surface area contributed by atoms with Crippen LogP contribution >= 0.6 is 0 Å². The maximum absolute atomic E-state index is 14.9. The van der Waals surface area contributed by atoms with E-state index in [1.165, 1.54) is 31.4 Å². The molecule has 2 fully saturated rings. The molecular weight excluding hydrogens is 577 g/mol. The van der Waals surface area contributed by atoms with Crippen molar-refractivity contribution in [1.82, 2.24) is 29.1 Å². The molecule has 45 heavy (non-hydrogen) atoms. The van der Waals surface area contributed by atoms with Gasteiger partial charge in [-0.25, -0.2) is 24.3 Å². The molecule has 2 aliphatic carbocycles. The van der Waals surface area contributed by atoms with Gasteiger partial charge in [0, 0.05) is 23.5 Å². The highest BCUT2D eigenvalue weighted by molar-refractivity contribution is 5.68. The summed E-state index contributed by atoms with van der Waals surface area (Å²) in [5, 5.41) is 10.6. The van der Waals surface area contributed by atoms with Crippen molar-refractivity contribution in [2.75, 3.05) is 0 Å². The second-order valence-corrected chi connectivity index (χ2v) is 13.0. The molecule has 2 unspecified atom stereocenters. The van der Waals surface area contributed by atoms with Crippen molar-refractivity contribution in [2.45, 2.75) is 115 Å². The Labute approximate surface area is 263 Å². The highest BCUT2D eigenvalue weighted by Gasteiger charge is 2.36. The average Bonchev–Trinajstić information content (AvgIpc) is 3.81. The zero-order chi connectivity index (χ0) is 30.3. The molecule has 1 N–H and O–H groups in total. The maximum atomic E-state index is 14.9. The lowest BCUT2D eigenvalue weighted by atomic mass is 9.82. The first-order chi connectivity index (χ1) is 21.4. The zero-order valence-electron chi connectivity index (χ0n) is 24.9.